The molecule has 0 saturated carbocycles. The van der Waals surface area contributed by atoms with Crippen LogP contribution in [0, 0.1) is 0 Å². The number of carbonyl (C=O) groups excluding carboxylic acids is 2. The molecule has 0 aliphatic carbocycles. The van der Waals surface area contributed by atoms with Crippen LogP contribution in [0.3, 0.4) is 0 Å². The lowest BCUT2D eigenvalue weighted by Crippen LogP contribution is -2.18. The minimum atomic E-state index is -0.739. The minimum absolute atomic E-state index is 0.166. The largest absolute Gasteiger partial charge is 0.497 e. The molecule has 4 rings (SSSR count). The molecule has 1 amide bonds. The fourth-order valence-electron chi connectivity index (χ4n) is 3.06. The second-order valence-corrected chi connectivity index (χ2v) is 5.80. The van der Waals surface area contributed by atoms with Crippen molar-refractivity contribution in [2.75, 3.05) is 12.4 Å². The second-order valence-electron chi connectivity index (χ2n) is 5.80. The molecule has 1 atom stereocenters. The standard InChI is InChI=1S/C18H15N3O3/c1-9(22)16-12-7-14-15(8-13(12)21-18(16)23)20-17(19-14)10-3-5-11(24-2)6-4-10/h3-8,16H,1-2H3,(H,19,20)(H,21,23). The average molecular weight is 321 g/mol. The summed E-state index contributed by atoms with van der Waals surface area (Å²) in [6.07, 6.45) is 0. The van der Waals surface area contributed by atoms with Crippen molar-refractivity contribution in [1.29, 1.82) is 0 Å². The van der Waals surface area contributed by atoms with Gasteiger partial charge < -0.3 is 15.0 Å². The third-order valence-corrected chi connectivity index (χ3v) is 4.25. The van der Waals surface area contributed by atoms with Crippen LogP contribution < -0.4 is 10.1 Å². The molecule has 24 heavy (non-hydrogen) atoms. The van der Waals surface area contributed by atoms with Crippen LogP contribution in [-0.2, 0) is 9.59 Å². The van der Waals surface area contributed by atoms with Crippen molar-refractivity contribution in [2.24, 2.45) is 0 Å². The van der Waals surface area contributed by atoms with Gasteiger partial charge in [0.1, 0.15) is 23.3 Å². The lowest BCUT2D eigenvalue weighted by Gasteiger charge is -2.03. The summed E-state index contributed by atoms with van der Waals surface area (Å²) < 4.78 is 5.16. The molecular formula is C18H15N3O3. The fraction of sp³-hybridized carbons (Fsp3) is 0.167. The van der Waals surface area contributed by atoms with E-state index >= 15 is 0 Å². The van der Waals surface area contributed by atoms with Crippen LogP contribution in [0.4, 0.5) is 5.69 Å². The predicted octanol–water partition coefficient (Wildman–Crippen LogP) is 2.86. The van der Waals surface area contributed by atoms with E-state index in [4.69, 9.17) is 4.74 Å². The number of hydrogen-bond acceptors (Lipinski definition) is 4. The molecule has 1 aromatic heterocycles. The first-order valence-corrected chi connectivity index (χ1v) is 7.56. The normalized spacial score (nSPS) is 16.1. The van der Waals surface area contributed by atoms with Crippen molar-refractivity contribution in [2.45, 2.75) is 12.8 Å². The maximum atomic E-state index is 11.9. The number of ether oxygens (including phenoxy) is 1. The SMILES string of the molecule is COc1ccc(-c2nc3cc4c(cc3[nH]2)C(C(C)=O)C(=O)N4)cc1. The number of imidazole rings is 1. The molecule has 3 aromatic rings. The molecule has 0 radical (unpaired) electrons. The monoisotopic (exact) mass is 321 g/mol. The second kappa shape index (κ2) is 5.19. The van der Waals surface area contributed by atoms with E-state index in [2.05, 4.69) is 15.3 Å². The first-order valence-electron chi connectivity index (χ1n) is 7.56. The summed E-state index contributed by atoms with van der Waals surface area (Å²) in [5.74, 6) is 0.320. The van der Waals surface area contributed by atoms with Crippen LogP contribution in [0.2, 0.25) is 0 Å². The Morgan fingerprint density at radius 2 is 1.96 bits per heavy atom. The van der Waals surface area contributed by atoms with Gasteiger partial charge in [0.15, 0.2) is 0 Å². The Morgan fingerprint density at radius 3 is 2.62 bits per heavy atom. The third kappa shape index (κ3) is 2.15. The summed E-state index contributed by atoms with van der Waals surface area (Å²) in [7, 11) is 1.62. The minimum Gasteiger partial charge on any atom is -0.497 e. The van der Waals surface area contributed by atoms with E-state index in [1.807, 2.05) is 30.3 Å². The molecule has 2 aromatic carbocycles. The van der Waals surface area contributed by atoms with Crippen LogP contribution in [0.15, 0.2) is 36.4 Å². The lowest BCUT2D eigenvalue weighted by molar-refractivity contribution is -0.125. The van der Waals surface area contributed by atoms with Gasteiger partial charge in [-0.3, -0.25) is 9.59 Å². The number of H-pyrrole nitrogens is 1. The average Bonchev–Trinajstić information content (AvgIpc) is 3.11. The summed E-state index contributed by atoms with van der Waals surface area (Å²) in [5, 5.41) is 2.75. The number of hydrogen-bond donors (Lipinski definition) is 2. The van der Waals surface area contributed by atoms with Gasteiger partial charge in [-0.2, -0.15) is 0 Å². The van der Waals surface area contributed by atoms with E-state index in [9.17, 15) is 9.59 Å². The molecule has 1 unspecified atom stereocenters. The van der Waals surface area contributed by atoms with E-state index in [0.29, 0.717) is 11.3 Å². The van der Waals surface area contributed by atoms with Gasteiger partial charge in [-0.15, -0.1) is 0 Å². The van der Waals surface area contributed by atoms with Gasteiger partial charge in [-0.1, -0.05) is 0 Å². The van der Waals surface area contributed by atoms with E-state index < -0.39 is 5.92 Å². The van der Waals surface area contributed by atoms with Crippen molar-refractivity contribution in [1.82, 2.24) is 9.97 Å². The molecule has 1 aliphatic rings. The van der Waals surface area contributed by atoms with Gasteiger partial charge in [-0.25, -0.2) is 4.98 Å². The zero-order chi connectivity index (χ0) is 16.8. The highest BCUT2D eigenvalue weighted by molar-refractivity contribution is 6.17. The van der Waals surface area contributed by atoms with Crippen molar-refractivity contribution in [3.05, 3.63) is 42.0 Å². The zero-order valence-electron chi connectivity index (χ0n) is 13.2. The van der Waals surface area contributed by atoms with E-state index in [-0.39, 0.29) is 11.7 Å². The highest BCUT2D eigenvalue weighted by Crippen LogP contribution is 2.36. The number of aromatic nitrogens is 2. The summed E-state index contributed by atoms with van der Waals surface area (Å²) in [6.45, 7) is 1.43. The maximum Gasteiger partial charge on any atom is 0.239 e. The number of nitrogens with one attached hydrogen (secondary N) is 2. The first kappa shape index (κ1) is 14.4. The quantitative estimate of drug-likeness (QED) is 0.727. The number of carbonyl (C=O) groups is 2. The summed E-state index contributed by atoms with van der Waals surface area (Å²) in [4.78, 5) is 31.5. The van der Waals surface area contributed by atoms with Gasteiger partial charge in [0, 0.05) is 11.3 Å². The number of anilines is 1. The van der Waals surface area contributed by atoms with Crippen LogP contribution in [-0.4, -0.2) is 28.8 Å². The number of Topliss-reactive ketones (excluding diaryl/α,β-unsaturated/α-hetero) is 1. The van der Waals surface area contributed by atoms with Crippen LogP contribution in [0.5, 0.6) is 5.75 Å². The Hall–Kier alpha value is -3.15. The molecule has 1 aliphatic heterocycles. The first-order chi connectivity index (χ1) is 11.6. The maximum absolute atomic E-state index is 11.9. The van der Waals surface area contributed by atoms with Crippen LogP contribution >= 0.6 is 0 Å². The van der Waals surface area contributed by atoms with Gasteiger partial charge >= 0.3 is 0 Å². The number of fused-ring (bicyclic) bond motifs is 2. The van der Waals surface area contributed by atoms with Gasteiger partial charge in [0.05, 0.1) is 18.1 Å². The Morgan fingerprint density at radius 1 is 1.21 bits per heavy atom. The number of ketones is 1. The highest BCUT2D eigenvalue weighted by Gasteiger charge is 2.34. The molecule has 6 heteroatoms. The van der Waals surface area contributed by atoms with E-state index in [1.54, 1.807) is 13.2 Å². The number of methoxy groups -OCH3 is 1. The molecule has 0 saturated heterocycles. The molecule has 6 nitrogen and oxygen atoms in total. The van der Waals surface area contributed by atoms with Gasteiger partial charge in [-0.05, 0) is 48.9 Å². The highest BCUT2D eigenvalue weighted by atomic mass is 16.5. The Labute approximate surface area is 137 Å². The third-order valence-electron chi connectivity index (χ3n) is 4.25. The summed E-state index contributed by atoms with van der Waals surface area (Å²) >= 11 is 0. The van der Waals surface area contributed by atoms with Crippen molar-refractivity contribution < 1.29 is 14.3 Å². The van der Waals surface area contributed by atoms with Crippen molar-refractivity contribution >= 4 is 28.4 Å². The number of rotatable bonds is 3. The number of aromatic amines is 1. The Kier molecular flexibility index (Phi) is 3.13. The smallest absolute Gasteiger partial charge is 0.239 e. The number of benzene rings is 2. The molecular weight excluding hydrogens is 306 g/mol. The van der Waals surface area contributed by atoms with Crippen LogP contribution in [0.25, 0.3) is 22.4 Å². The molecule has 2 heterocycles. The fourth-order valence-corrected chi connectivity index (χ4v) is 3.06. The lowest BCUT2D eigenvalue weighted by atomic mass is 9.97. The van der Waals surface area contributed by atoms with Crippen molar-refractivity contribution in [3.8, 4) is 17.1 Å². The molecule has 2 N–H and O–H groups in total. The van der Waals surface area contributed by atoms with E-state index in [0.717, 1.165) is 28.2 Å². The molecule has 0 fully saturated rings. The summed E-state index contributed by atoms with van der Waals surface area (Å²) in [6, 6.07) is 11.2. The predicted molar refractivity (Wildman–Crippen MR) is 90.1 cm³/mol. The zero-order valence-corrected chi connectivity index (χ0v) is 13.2. The topological polar surface area (TPSA) is 84.1 Å². The van der Waals surface area contributed by atoms with Crippen molar-refractivity contribution in [3.63, 3.8) is 0 Å². The Bertz CT molecular complexity index is 973. The molecule has 120 valence electrons. The van der Waals surface area contributed by atoms with Gasteiger partial charge in [0.2, 0.25) is 5.91 Å². The summed E-state index contributed by atoms with van der Waals surface area (Å²) in [5.41, 5.74) is 3.82. The molecule has 0 bridgehead atoms. The van der Waals surface area contributed by atoms with Crippen LogP contribution in [0.1, 0.15) is 18.4 Å². The van der Waals surface area contributed by atoms with Gasteiger partial charge in [0.25, 0.3) is 0 Å². The Balaban J connectivity index is 1.80. The molecule has 0 spiro atoms. The number of amides is 1. The number of nitrogens with zero attached hydrogens (tertiary/aromatic N) is 1. The van der Waals surface area contributed by atoms with E-state index in [1.165, 1.54) is 6.92 Å².